The molecule has 9 heteroatoms. The second-order valence-corrected chi connectivity index (χ2v) is 13.2. The lowest BCUT2D eigenvalue weighted by Crippen LogP contribution is -2.14. The van der Waals surface area contributed by atoms with Crippen LogP contribution in [0.1, 0.15) is 89.4 Å². The van der Waals surface area contributed by atoms with E-state index in [1.807, 2.05) is 19.6 Å². The number of ether oxygens (including phenoxy) is 1. The number of imidazole rings is 2. The van der Waals surface area contributed by atoms with Crippen LogP contribution in [0.2, 0.25) is 0 Å². The van der Waals surface area contributed by atoms with Crippen molar-refractivity contribution in [1.82, 2.24) is 34.1 Å². The molecule has 0 saturated heterocycles. The molecule has 2 aromatic carbocycles. The van der Waals surface area contributed by atoms with Crippen molar-refractivity contribution in [3.8, 4) is 5.75 Å². The van der Waals surface area contributed by atoms with Crippen LogP contribution < -0.4 is 15.4 Å². The van der Waals surface area contributed by atoms with Crippen molar-refractivity contribution in [1.29, 1.82) is 0 Å². The molecule has 2 N–H and O–H groups in total. The van der Waals surface area contributed by atoms with E-state index < -0.39 is 0 Å². The largest absolute Gasteiger partial charge is 0.494 e. The molecule has 4 heterocycles. The maximum Gasteiger partial charge on any atom is 0.162 e. The Balaban J connectivity index is 0.993. The van der Waals surface area contributed by atoms with Gasteiger partial charge in [0.15, 0.2) is 11.3 Å². The van der Waals surface area contributed by atoms with E-state index in [9.17, 15) is 0 Å². The second kappa shape index (κ2) is 14.2. The van der Waals surface area contributed by atoms with Crippen molar-refractivity contribution in [3.05, 3.63) is 118 Å². The zero-order chi connectivity index (χ0) is 33.0. The van der Waals surface area contributed by atoms with Gasteiger partial charge < -0.3 is 15.4 Å². The highest BCUT2D eigenvalue weighted by atomic mass is 16.5. The molecule has 0 saturated carbocycles. The van der Waals surface area contributed by atoms with E-state index in [0.717, 1.165) is 95.7 Å². The van der Waals surface area contributed by atoms with E-state index in [-0.39, 0.29) is 0 Å². The first-order chi connectivity index (χ1) is 23.4. The van der Waals surface area contributed by atoms with E-state index in [0.29, 0.717) is 19.0 Å². The van der Waals surface area contributed by atoms with Gasteiger partial charge in [-0.15, -0.1) is 0 Å². The summed E-state index contributed by atoms with van der Waals surface area (Å²) in [5.41, 5.74) is 13.4. The molecular weight excluding hydrogens is 596 g/mol. The average molecular weight is 643 g/mol. The van der Waals surface area contributed by atoms with Gasteiger partial charge in [0.25, 0.3) is 0 Å². The Kier molecular flexibility index (Phi) is 9.38. The summed E-state index contributed by atoms with van der Waals surface area (Å²) >= 11 is 0. The van der Waals surface area contributed by atoms with Gasteiger partial charge in [-0.2, -0.15) is 0 Å². The average Bonchev–Trinajstić information content (AvgIpc) is 3.80. The molecule has 1 aliphatic carbocycles. The minimum Gasteiger partial charge on any atom is -0.494 e. The molecule has 9 nitrogen and oxygen atoms in total. The zero-order valence-corrected chi connectivity index (χ0v) is 28.6. The first kappa shape index (κ1) is 31.8. The summed E-state index contributed by atoms with van der Waals surface area (Å²) in [7, 11) is 0. The molecule has 4 aromatic heterocycles. The van der Waals surface area contributed by atoms with Crippen molar-refractivity contribution < 1.29 is 4.74 Å². The minimum atomic E-state index is 0.430. The Bertz CT molecular complexity index is 2030. The lowest BCUT2D eigenvalue weighted by atomic mass is 9.95. The summed E-state index contributed by atoms with van der Waals surface area (Å²) in [6.45, 7) is 11.3. The molecule has 48 heavy (non-hydrogen) atoms. The molecule has 7 rings (SSSR count). The smallest absolute Gasteiger partial charge is 0.162 e. The summed E-state index contributed by atoms with van der Waals surface area (Å²) in [5, 5.41) is 7.19. The Morgan fingerprint density at radius 2 is 1.56 bits per heavy atom. The summed E-state index contributed by atoms with van der Waals surface area (Å²) in [6.07, 6.45) is 10.4. The number of fused-ring (bicyclic) bond motifs is 3. The number of unbranched alkanes of at least 4 members (excludes halogenated alkanes) is 2. The number of nitrogens with zero attached hydrogens (tertiary/aromatic N) is 6. The Morgan fingerprint density at radius 1 is 0.812 bits per heavy atom. The molecule has 0 amide bonds. The number of hydrogen-bond acceptors (Lipinski definition) is 7. The van der Waals surface area contributed by atoms with Crippen LogP contribution in [0.5, 0.6) is 5.75 Å². The molecule has 0 radical (unpaired) electrons. The molecule has 248 valence electrons. The first-order valence-electron chi connectivity index (χ1n) is 17.4. The van der Waals surface area contributed by atoms with Gasteiger partial charge in [-0.3, -0.25) is 8.80 Å². The fraction of sp³-hybridized carbons (Fsp3) is 0.385. The van der Waals surface area contributed by atoms with Crippen LogP contribution in [0.3, 0.4) is 0 Å². The molecule has 1 atom stereocenters. The maximum atomic E-state index is 5.86. The molecule has 0 aliphatic heterocycles. The number of nitrogens with one attached hydrogen (secondary N) is 2. The number of benzene rings is 2. The van der Waals surface area contributed by atoms with Crippen molar-refractivity contribution in [2.45, 2.75) is 91.8 Å². The van der Waals surface area contributed by atoms with Crippen LogP contribution >= 0.6 is 0 Å². The third-order valence-corrected chi connectivity index (χ3v) is 9.54. The van der Waals surface area contributed by atoms with Crippen molar-refractivity contribution in [2.75, 3.05) is 11.9 Å². The van der Waals surface area contributed by atoms with E-state index >= 15 is 0 Å². The number of hydrogen-bond donors (Lipinski definition) is 2. The summed E-state index contributed by atoms with van der Waals surface area (Å²) in [4.78, 5) is 19.3. The first-order valence-corrected chi connectivity index (χ1v) is 17.4. The quantitative estimate of drug-likeness (QED) is 0.119. The topological polar surface area (TPSA) is 93.7 Å². The predicted octanol–water partition coefficient (Wildman–Crippen LogP) is 7.44. The van der Waals surface area contributed by atoms with Crippen LogP contribution in [0.25, 0.3) is 11.3 Å². The molecule has 6 aromatic rings. The zero-order valence-electron chi connectivity index (χ0n) is 28.6. The van der Waals surface area contributed by atoms with Crippen LogP contribution in [0.15, 0.2) is 67.3 Å². The highest BCUT2D eigenvalue weighted by Crippen LogP contribution is 2.37. The Morgan fingerprint density at radius 3 is 2.35 bits per heavy atom. The van der Waals surface area contributed by atoms with E-state index in [1.54, 1.807) is 0 Å². The monoisotopic (exact) mass is 642 g/mol. The standard InChI is InChI=1S/C39H46N8O/c1-5-6-7-16-48-34-14-8-29(9-15-34)21-40-22-36-39-45-33(18-28(4)47(39)24-42-36)19-31-11-10-30-12-13-32(20-35(30)31)41-23-37-38-44-26(2)17-27(3)46(38)25-43-37/h8-9,12-15,17-18,20,24-25,31,40-41H,5-7,10-11,16,19,21-23H2,1-4H3. The minimum absolute atomic E-state index is 0.430. The van der Waals surface area contributed by atoms with Crippen molar-refractivity contribution >= 4 is 17.0 Å². The lowest BCUT2D eigenvalue weighted by Gasteiger charge is -2.14. The van der Waals surface area contributed by atoms with Gasteiger partial charge in [0.2, 0.25) is 0 Å². The van der Waals surface area contributed by atoms with Gasteiger partial charge >= 0.3 is 0 Å². The number of aromatic nitrogens is 6. The molecule has 0 spiro atoms. The van der Waals surface area contributed by atoms with Gasteiger partial charge in [0, 0.05) is 41.6 Å². The van der Waals surface area contributed by atoms with Gasteiger partial charge in [0.1, 0.15) is 24.1 Å². The fourth-order valence-corrected chi connectivity index (χ4v) is 6.93. The summed E-state index contributed by atoms with van der Waals surface area (Å²) in [6, 6.07) is 19.5. The number of aryl methyl sites for hydroxylation is 4. The summed E-state index contributed by atoms with van der Waals surface area (Å²) in [5.74, 6) is 1.37. The lowest BCUT2D eigenvalue weighted by molar-refractivity contribution is 0.306. The Hall–Kier alpha value is -4.76. The number of rotatable bonds is 14. The normalized spacial score (nSPS) is 14.2. The van der Waals surface area contributed by atoms with Crippen LogP contribution in [-0.2, 0) is 32.5 Å². The maximum absolute atomic E-state index is 5.86. The fourth-order valence-electron chi connectivity index (χ4n) is 6.93. The Labute approximate surface area is 282 Å². The van der Waals surface area contributed by atoms with Gasteiger partial charge in [0.05, 0.1) is 18.8 Å². The summed E-state index contributed by atoms with van der Waals surface area (Å²) < 4.78 is 10.0. The van der Waals surface area contributed by atoms with E-state index in [1.165, 1.54) is 29.5 Å². The van der Waals surface area contributed by atoms with Gasteiger partial charge in [-0.05, 0) is 105 Å². The van der Waals surface area contributed by atoms with Gasteiger partial charge in [-0.1, -0.05) is 38.0 Å². The van der Waals surface area contributed by atoms with Crippen molar-refractivity contribution in [2.24, 2.45) is 0 Å². The highest BCUT2D eigenvalue weighted by Gasteiger charge is 2.24. The molecule has 1 aliphatic rings. The third-order valence-electron chi connectivity index (χ3n) is 9.54. The molecule has 0 fully saturated rings. The SMILES string of the molecule is CCCCCOc1ccc(CNCc2ncn3c(C)cc(CC4CCc5ccc(NCc6ncn7c(C)cc(C)nc67)cc54)nc23)cc1. The van der Waals surface area contributed by atoms with Crippen LogP contribution in [-0.4, -0.2) is 35.3 Å². The second-order valence-electron chi connectivity index (χ2n) is 13.2. The van der Waals surface area contributed by atoms with Crippen LogP contribution in [0.4, 0.5) is 5.69 Å². The third kappa shape index (κ3) is 6.92. The number of anilines is 1. The highest BCUT2D eigenvalue weighted by molar-refractivity contribution is 5.54. The molecule has 0 bridgehead atoms. The molecule has 1 unspecified atom stereocenters. The molecular formula is C39H46N8O. The van der Waals surface area contributed by atoms with Gasteiger partial charge in [-0.25, -0.2) is 19.9 Å². The predicted molar refractivity (Wildman–Crippen MR) is 191 cm³/mol. The van der Waals surface area contributed by atoms with E-state index in [2.05, 4.69) is 99.8 Å². The van der Waals surface area contributed by atoms with Crippen molar-refractivity contribution in [3.63, 3.8) is 0 Å². The van der Waals surface area contributed by atoms with E-state index in [4.69, 9.17) is 19.7 Å². The van der Waals surface area contributed by atoms with Crippen LogP contribution in [0, 0.1) is 20.8 Å².